The molecule has 16 nitrogen and oxygen atoms in total. The van der Waals surface area contributed by atoms with Crippen molar-refractivity contribution in [1.29, 1.82) is 0 Å². The van der Waals surface area contributed by atoms with E-state index in [-0.39, 0.29) is 23.4 Å². The van der Waals surface area contributed by atoms with Gasteiger partial charge in [-0.3, -0.25) is 0 Å². The molecule has 5 aliphatic carbocycles. The first-order valence-electron chi connectivity index (χ1n) is 58.7. The van der Waals surface area contributed by atoms with Crippen molar-refractivity contribution in [3.63, 3.8) is 0 Å². The molecule has 8 aromatic rings. The Labute approximate surface area is 874 Å². The van der Waals surface area contributed by atoms with Gasteiger partial charge < -0.3 is 74.9 Å². The second-order valence-electron chi connectivity index (χ2n) is 46.4. The molecule has 4 saturated heterocycles. The number of unbranched alkanes of at least 4 members (excludes halogenated alkanes) is 35. The summed E-state index contributed by atoms with van der Waals surface area (Å²) in [5.74, 6) is 5.28. The van der Waals surface area contributed by atoms with Crippen LogP contribution in [0.3, 0.4) is 0 Å². The Kier molecular flexibility index (Phi) is 38.0. The van der Waals surface area contributed by atoms with Crippen molar-refractivity contribution in [2.45, 2.75) is 399 Å². The van der Waals surface area contributed by atoms with Crippen LogP contribution in [0.2, 0.25) is 12.1 Å². The van der Waals surface area contributed by atoms with Gasteiger partial charge in [-0.1, -0.05) is 358 Å². The molecule has 4 spiro atoms. The summed E-state index contributed by atoms with van der Waals surface area (Å²) < 4.78 is 70.9. The maximum Gasteiger partial charge on any atom is 0.502 e. The highest BCUT2D eigenvalue weighted by Crippen LogP contribution is 2.98. The molecule has 4 aliphatic heterocycles. The molecular formula is C127H182N2O14Si2+2. The van der Waals surface area contributed by atoms with Crippen LogP contribution >= 0.6 is 0 Å². The molecule has 9 fully saturated rings. The van der Waals surface area contributed by atoms with Crippen molar-refractivity contribution >= 4 is 17.6 Å². The molecule has 4 bridgehead atoms. The number of nitrogens with zero attached hydrogens (tertiary/aromatic N) is 2. The molecule has 8 aromatic carbocycles. The van der Waals surface area contributed by atoms with Gasteiger partial charge in [0.25, 0.3) is 0 Å². The van der Waals surface area contributed by atoms with E-state index in [9.17, 15) is 20.4 Å². The number of aliphatic hydroxyl groups is 4. The monoisotopic (exact) mass is 2020 g/mol. The van der Waals surface area contributed by atoms with Gasteiger partial charge in [-0.2, -0.15) is 0 Å². The van der Waals surface area contributed by atoms with E-state index in [0.29, 0.717) is 76.0 Å². The van der Waals surface area contributed by atoms with Crippen LogP contribution < -0.4 is 18.9 Å². The molecule has 0 aromatic heterocycles. The molecule has 4 N–H and O–H groups in total. The smallest absolute Gasteiger partial charge is 0.494 e. The van der Waals surface area contributed by atoms with E-state index in [2.05, 4.69) is 139 Å². The minimum atomic E-state index is -2.95. The Morgan fingerprint density at radius 2 is 0.510 bits per heavy atom. The first-order chi connectivity index (χ1) is 70.8. The van der Waals surface area contributed by atoms with Crippen molar-refractivity contribution < 1.29 is 74.9 Å². The first-order valence-corrected chi connectivity index (χ1v) is 62.5. The number of hydrogen-bond donors (Lipinski definition) is 4. The quantitative estimate of drug-likeness (QED) is 0.0161. The summed E-state index contributed by atoms with van der Waals surface area (Å²) in [5.41, 5.74) is 1.27. The fourth-order valence-electron chi connectivity index (χ4n) is 28.5. The fraction of sp³-hybridized carbons (Fsp3) is 0.622. The van der Waals surface area contributed by atoms with E-state index in [0.717, 1.165) is 275 Å². The molecule has 4 heterocycles. The van der Waals surface area contributed by atoms with Crippen LogP contribution in [0, 0.1) is 23.7 Å². The highest BCUT2D eigenvalue weighted by atomic mass is 28.4. The summed E-state index contributed by atoms with van der Waals surface area (Å²) in [6.45, 7) is 17.1. The van der Waals surface area contributed by atoms with Crippen molar-refractivity contribution in [2.24, 2.45) is 23.7 Å². The maximum atomic E-state index is 12.8. The van der Waals surface area contributed by atoms with Gasteiger partial charge in [0.05, 0.1) is 78.9 Å². The largest absolute Gasteiger partial charge is 0.502 e. The molecule has 0 amide bonds. The lowest BCUT2D eigenvalue weighted by Crippen LogP contribution is -3.11. The molecule has 5 saturated carbocycles. The summed E-state index contributed by atoms with van der Waals surface area (Å²) in [5, 5.41) is 50.9. The number of likely N-dealkylation sites (N-methyl/N-ethyl adjacent to an activating group) is 2. The van der Waals surface area contributed by atoms with E-state index in [4.69, 9.17) is 45.5 Å². The number of benzene rings is 8. The Hall–Kier alpha value is -7.09. The third-order valence-electron chi connectivity index (χ3n) is 36.0. The second kappa shape index (κ2) is 50.4. The third-order valence-corrected chi connectivity index (χ3v) is 41.7. The third kappa shape index (κ3) is 23.6. The number of quaternary nitrogens is 2. The predicted molar refractivity (Wildman–Crippen MR) is 587 cm³/mol. The van der Waals surface area contributed by atoms with Gasteiger partial charge in [-0.05, 0) is 234 Å². The Balaban J connectivity index is 0.397. The normalized spacial score (nSPS) is 26.3. The van der Waals surface area contributed by atoms with Gasteiger partial charge in [0.2, 0.25) is 0 Å². The van der Waals surface area contributed by atoms with Crippen molar-refractivity contribution in [3.05, 3.63) is 263 Å². The maximum absolute atomic E-state index is 12.8. The van der Waals surface area contributed by atoms with Crippen LogP contribution in [0.5, 0.6) is 23.0 Å². The van der Waals surface area contributed by atoms with Crippen LogP contribution in [-0.4, -0.2) is 161 Å². The molecule has 9 aliphatic rings. The van der Waals surface area contributed by atoms with Crippen molar-refractivity contribution in [1.82, 2.24) is 0 Å². The highest BCUT2D eigenvalue weighted by Gasteiger charge is 3.14. The average Bonchev–Trinajstić information content (AvgIpc) is 1.36. The number of fused-ring (bicyclic) bond motifs is 5. The second-order valence-corrected chi connectivity index (χ2v) is 51.4. The van der Waals surface area contributed by atoms with Gasteiger partial charge in [0, 0.05) is 35.8 Å². The molecule has 145 heavy (non-hydrogen) atoms. The zero-order valence-electron chi connectivity index (χ0n) is 89.7. The average molecular weight is 2020 g/mol. The molecule has 18 unspecified atom stereocenters. The molecule has 17 rings (SSSR count). The lowest BCUT2D eigenvalue weighted by molar-refractivity contribution is -0.916. The lowest BCUT2D eigenvalue weighted by Gasteiger charge is -2.95. The van der Waals surface area contributed by atoms with Gasteiger partial charge in [0.1, 0.15) is 69.7 Å². The van der Waals surface area contributed by atoms with Crippen LogP contribution in [0.4, 0.5) is 0 Å². The number of hydrogen-bond acceptors (Lipinski definition) is 14. The number of rotatable bonds is 75. The van der Waals surface area contributed by atoms with Gasteiger partial charge in [-0.15, -0.1) is 0 Å². The standard InChI is InChI=1S/C127H182N2O14Si2/c1-7-11-13-15-17-19-21-26-32-54-90-128(5,88-9-3)100-122(132,104-66-48-42-49-67-104)108-74-82-112(83-75-108)136-94-58-36-34-56-92-134-110-78-70-106(71-79-110)120(130,102-62-44-40-45-63-102)86-52-30-24-23-28-38-60-96-144-138-116-98-114-118-119-115-99-117-125(115)127(119,126(118,142-144)124(114,116)140-144)143-145(139-117,141-125)97-61-39-29-25-31-53-87-121(131,103-64-46-41-47-65-103)107-72-80-111(81-73-107)135-93-57-35-37-59-95-137-113-84-76-109(77-85-113)123(133,105-68-50-43-51-69-105)101-129(6,89-10-4)91-55-33-27-22-20-18-16-14-12-8-2/h40-51,62-85,114-119,130-133H,7-39,52-61,86-101H2,1-6H3/q+2. The summed E-state index contributed by atoms with van der Waals surface area (Å²) in [6, 6.07) is 75.5. The predicted octanol–water partition coefficient (Wildman–Crippen LogP) is 28.8. The molecule has 18 atom stereocenters. The first kappa shape index (κ1) is 109. The minimum absolute atomic E-state index is 0.109. The van der Waals surface area contributed by atoms with Crippen LogP contribution in [-0.2, 0) is 49.0 Å². The van der Waals surface area contributed by atoms with E-state index in [1.165, 1.54) is 128 Å². The Morgan fingerprint density at radius 3 is 0.793 bits per heavy atom. The van der Waals surface area contributed by atoms with Crippen LogP contribution in [0.15, 0.2) is 218 Å². The SMILES string of the molecule is CCCCCCCCCCCC[N+](C)(CCC)CC(O)(c1ccccc1)c1ccc(OCCCCCCOc2ccc(C(O)(CCCCCCCCC[Si]34OC5CC6C7C8C9CC%10O[Si]%11(CCCCCCCCC(O)(c%12ccccc%12)c%12ccc(OCCCCCCOc%13ccc(C(O)(C[N+](C)(CCC)CCCCCCCCCCCC)c%14ccccc%14)cc%13)cc%12)OC%109C8(O%11)C7(O3)C56O4)c3ccccc3)cc2)cc1. The fourth-order valence-corrected chi connectivity index (χ4v) is 35.9. The summed E-state index contributed by atoms with van der Waals surface area (Å²) in [7, 11) is -1.20. The van der Waals surface area contributed by atoms with Crippen LogP contribution in [0.1, 0.15) is 374 Å². The highest BCUT2D eigenvalue weighted by molar-refractivity contribution is 6.64. The summed E-state index contributed by atoms with van der Waals surface area (Å²) in [6.07, 6.45) is 54.1. The van der Waals surface area contributed by atoms with Crippen LogP contribution in [0.25, 0.3) is 0 Å². The van der Waals surface area contributed by atoms with Crippen molar-refractivity contribution in [2.75, 3.05) is 79.8 Å². The summed E-state index contributed by atoms with van der Waals surface area (Å²) >= 11 is 0. The topological polar surface area (TPSA) is 173 Å². The van der Waals surface area contributed by atoms with Gasteiger partial charge in [0.15, 0.2) is 11.2 Å². The van der Waals surface area contributed by atoms with Crippen molar-refractivity contribution in [3.8, 4) is 23.0 Å². The summed E-state index contributed by atoms with van der Waals surface area (Å²) in [4.78, 5) is 0. The van der Waals surface area contributed by atoms with Gasteiger partial charge in [-0.25, -0.2) is 0 Å². The minimum Gasteiger partial charge on any atom is -0.494 e. The Morgan fingerprint density at radius 1 is 0.269 bits per heavy atom. The van der Waals surface area contributed by atoms with E-state index >= 15 is 0 Å². The van der Waals surface area contributed by atoms with Gasteiger partial charge >= 0.3 is 17.6 Å². The zero-order valence-corrected chi connectivity index (χ0v) is 91.7. The van der Waals surface area contributed by atoms with E-state index < -0.39 is 51.2 Å². The number of ether oxygens (including phenoxy) is 4. The molecule has 0 radical (unpaired) electrons. The lowest BCUT2D eigenvalue weighted by atomic mass is 9.14. The molecule has 790 valence electrons. The van der Waals surface area contributed by atoms with E-state index in [1.54, 1.807) is 0 Å². The zero-order chi connectivity index (χ0) is 101. The molecular weight excluding hydrogens is 1830 g/mol. The van der Waals surface area contributed by atoms with E-state index in [1.807, 2.05) is 121 Å². The molecule has 18 heteroatoms. The Bertz CT molecular complexity index is 5190.